The molecule has 0 aliphatic carbocycles. The van der Waals surface area contributed by atoms with Gasteiger partial charge < -0.3 is 24.2 Å². The van der Waals surface area contributed by atoms with Crippen molar-refractivity contribution in [2.24, 2.45) is 0 Å². The fraction of sp³-hybridized carbons (Fsp3) is 0.444. The Morgan fingerprint density at radius 3 is 2.80 bits per heavy atom. The number of aryl methyl sites for hydroxylation is 1. The quantitative estimate of drug-likeness (QED) is 0.471. The van der Waals surface area contributed by atoms with Gasteiger partial charge in [0.15, 0.2) is 24.6 Å². The Morgan fingerprint density at radius 1 is 1.33 bits per heavy atom. The SMILES string of the molecule is COc1cccc2c1OP(OCO)OC2.Cc1cn(C2CC[C@@H](O)O2)c(=O)[nH]c1=O. The Hall–Kier alpha value is -2.27. The van der Waals surface area contributed by atoms with Crippen LogP contribution >= 0.6 is 8.60 Å². The molecule has 164 valence electrons. The monoisotopic (exact) mass is 442 g/mol. The van der Waals surface area contributed by atoms with Crippen molar-refractivity contribution in [2.75, 3.05) is 13.9 Å². The van der Waals surface area contributed by atoms with Crippen LogP contribution in [0, 0.1) is 6.92 Å². The number of hydrogen-bond donors (Lipinski definition) is 3. The molecule has 0 spiro atoms. The molecule has 2 unspecified atom stereocenters. The zero-order valence-corrected chi connectivity index (χ0v) is 17.3. The number of fused-ring (bicyclic) bond motifs is 1. The van der Waals surface area contributed by atoms with E-state index in [0.717, 1.165) is 5.56 Å². The molecule has 1 aromatic heterocycles. The molecule has 2 aliphatic rings. The summed E-state index contributed by atoms with van der Waals surface area (Å²) in [5.74, 6) is 1.27. The van der Waals surface area contributed by atoms with Crippen LogP contribution in [0.5, 0.6) is 11.5 Å². The van der Waals surface area contributed by atoms with Gasteiger partial charge in [-0.15, -0.1) is 0 Å². The molecular formula is C18H23N2O9P. The normalized spacial score (nSPS) is 22.5. The van der Waals surface area contributed by atoms with Crippen LogP contribution in [0.2, 0.25) is 0 Å². The highest BCUT2D eigenvalue weighted by molar-refractivity contribution is 7.42. The topological polar surface area (TPSA) is 141 Å². The number of methoxy groups -OCH3 is 1. The van der Waals surface area contributed by atoms with E-state index in [2.05, 4.69) is 4.98 Å². The first-order chi connectivity index (χ1) is 14.4. The first-order valence-corrected chi connectivity index (χ1v) is 10.2. The number of nitrogens with zero attached hydrogens (tertiary/aromatic N) is 1. The fourth-order valence-electron chi connectivity index (χ4n) is 2.88. The van der Waals surface area contributed by atoms with Crippen molar-refractivity contribution in [3.8, 4) is 11.5 Å². The number of para-hydroxylation sites is 1. The van der Waals surface area contributed by atoms with E-state index in [1.165, 1.54) is 10.8 Å². The molecule has 3 heterocycles. The minimum atomic E-state index is -1.51. The zero-order chi connectivity index (χ0) is 21.7. The summed E-state index contributed by atoms with van der Waals surface area (Å²) >= 11 is 0. The lowest BCUT2D eigenvalue weighted by atomic mass is 10.2. The van der Waals surface area contributed by atoms with Crippen molar-refractivity contribution >= 4 is 8.60 Å². The Labute approximate surface area is 172 Å². The third kappa shape index (κ3) is 5.25. The average Bonchev–Trinajstić information content (AvgIpc) is 3.17. The number of benzene rings is 1. The standard InChI is InChI=1S/C9H12N2O4.C9H11O5P/c1-5-4-11(9(14)10-8(5)13)6-2-3-7(12)15-6;1-11-8-4-2-3-7-5-12-15(13-6-10)14-9(7)8/h4,6-7,12H,2-3H2,1H3,(H,10,13,14);2-4,10H,5-6H2,1H3/t6?,7-;/m0./s1. The second-order valence-corrected chi connectivity index (χ2v) is 7.54. The van der Waals surface area contributed by atoms with E-state index >= 15 is 0 Å². The van der Waals surface area contributed by atoms with Crippen molar-refractivity contribution in [3.05, 3.63) is 56.4 Å². The maximum absolute atomic E-state index is 11.4. The summed E-state index contributed by atoms with van der Waals surface area (Å²) in [6, 6.07) is 5.56. The van der Waals surface area contributed by atoms with Gasteiger partial charge >= 0.3 is 14.3 Å². The molecule has 3 atom stereocenters. The summed E-state index contributed by atoms with van der Waals surface area (Å²) in [5.41, 5.74) is 0.453. The number of aliphatic hydroxyl groups is 2. The molecule has 1 saturated heterocycles. The van der Waals surface area contributed by atoms with Crippen molar-refractivity contribution in [1.29, 1.82) is 0 Å². The summed E-state index contributed by atoms with van der Waals surface area (Å²) in [7, 11) is 0.0627. The van der Waals surface area contributed by atoms with E-state index in [4.69, 9.17) is 33.3 Å². The number of aromatic amines is 1. The molecule has 2 aliphatic heterocycles. The van der Waals surface area contributed by atoms with Crippen molar-refractivity contribution in [2.45, 2.75) is 38.9 Å². The fourth-order valence-corrected chi connectivity index (χ4v) is 3.76. The van der Waals surface area contributed by atoms with Gasteiger partial charge in [0.25, 0.3) is 5.56 Å². The summed E-state index contributed by atoms with van der Waals surface area (Å²) in [6.07, 6.45) is 1.20. The molecular weight excluding hydrogens is 419 g/mol. The second kappa shape index (κ2) is 10.2. The van der Waals surface area contributed by atoms with Gasteiger partial charge in [-0.2, -0.15) is 0 Å². The third-order valence-electron chi connectivity index (χ3n) is 4.37. The molecule has 0 bridgehead atoms. The van der Waals surface area contributed by atoms with Crippen LogP contribution < -0.4 is 20.5 Å². The molecule has 30 heavy (non-hydrogen) atoms. The number of hydrogen-bond acceptors (Lipinski definition) is 9. The van der Waals surface area contributed by atoms with Crippen molar-refractivity contribution < 1.29 is 33.3 Å². The van der Waals surface area contributed by atoms with Crippen LogP contribution in [0.25, 0.3) is 0 Å². The summed E-state index contributed by atoms with van der Waals surface area (Å²) in [4.78, 5) is 24.7. The smallest absolute Gasteiger partial charge is 0.399 e. The van der Waals surface area contributed by atoms with Gasteiger partial charge in [0.05, 0.1) is 13.7 Å². The largest absolute Gasteiger partial charge is 0.493 e. The number of nitrogens with one attached hydrogen (secondary N) is 1. The highest BCUT2D eigenvalue weighted by Gasteiger charge is 2.26. The lowest BCUT2D eigenvalue weighted by Crippen LogP contribution is -2.33. The highest BCUT2D eigenvalue weighted by Crippen LogP contribution is 2.50. The van der Waals surface area contributed by atoms with Crippen LogP contribution in [-0.4, -0.2) is 40.0 Å². The summed E-state index contributed by atoms with van der Waals surface area (Å²) in [6.45, 7) is 1.59. The molecule has 3 N–H and O–H groups in total. The van der Waals surface area contributed by atoms with Crippen LogP contribution in [0.15, 0.2) is 34.0 Å². The van der Waals surface area contributed by atoms with Gasteiger partial charge in [-0.1, -0.05) is 12.1 Å². The van der Waals surface area contributed by atoms with E-state index in [1.54, 1.807) is 20.1 Å². The van der Waals surface area contributed by atoms with Gasteiger partial charge in [0.2, 0.25) is 0 Å². The zero-order valence-electron chi connectivity index (χ0n) is 16.4. The Balaban J connectivity index is 0.000000171. The van der Waals surface area contributed by atoms with E-state index in [1.807, 2.05) is 12.1 Å². The highest BCUT2D eigenvalue weighted by atomic mass is 31.2. The molecule has 2 aromatic rings. The van der Waals surface area contributed by atoms with Crippen molar-refractivity contribution in [3.63, 3.8) is 0 Å². The van der Waals surface area contributed by atoms with Crippen LogP contribution in [0.3, 0.4) is 0 Å². The predicted molar refractivity (Wildman–Crippen MR) is 105 cm³/mol. The van der Waals surface area contributed by atoms with Gasteiger partial charge in [0.1, 0.15) is 6.23 Å². The van der Waals surface area contributed by atoms with Gasteiger partial charge in [-0.3, -0.25) is 23.4 Å². The van der Waals surface area contributed by atoms with E-state index in [-0.39, 0.29) is 0 Å². The van der Waals surface area contributed by atoms with E-state index in [0.29, 0.717) is 36.5 Å². The van der Waals surface area contributed by atoms with Gasteiger partial charge in [0, 0.05) is 23.7 Å². The van der Waals surface area contributed by atoms with Crippen LogP contribution in [0.4, 0.5) is 0 Å². The maximum Gasteiger partial charge on any atom is 0.399 e. The third-order valence-corrected chi connectivity index (χ3v) is 5.36. The molecule has 0 radical (unpaired) electrons. The number of aliphatic hydroxyl groups excluding tert-OH is 2. The maximum atomic E-state index is 11.4. The van der Waals surface area contributed by atoms with Crippen molar-refractivity contribution in [1.82, 2.24) is 9.55 Å². The molecule has 12 heteroatoms. The number of rotatable bonds is 4. The van der Waals surface area contributed by atoms with E-state index < -0.39 is 39.2 Å². The van der Waals surface area contributed by atoms with Gasteiger partial charge in [-0.25, -0.2) is 4.79 Å². The number of ether oxygens (including phenoxy) is 2. The molecule has 11 nitrogen and oxygen atoms in total. The Bertz CT molecular complexity index is 963. The first kappa shape index (κ1) is 22.4. The van der Waals surface area contributed by atoms with Crippen LogP contribution in [0.1, 0.15) is 30.2 Å². The van der Waals surface area contributed by atoms with Gasteiger partial charge in [-0.05, 0) is 19.4 Å². The summed E-state index contributed by atoms with van der Waals surface area (Å²) in [5, 5.41) is 17.8. The Kier molecular flexibility index (Phi) is 7.59. The Morgan fingerprint density at radius 2 is 2.13 bits per heavy atom. The predicted octanol–water partition coefficient (Wildman–Crippen LogP) is 1.27. The van der Waals surface area contributed by atoms with Crippen LogP contribution in [-0.2, 0) is 20.4 Å². The molecule has 0 amide bonds. The number of aromatic nitrogens is 2. The number of H-pyrrole nitrogens is 1. The molecule has 1 fully saturated rings. The minimum Gasteiger partial charge on any atom is -0.493 e. The van der Waals surface area contributed by atoms with E-state index in [9.17, 15) is 9.59 Å². The molecule has 0 saturated carbocycles. The lowest BCUT2D eigenvalue weighted by molar-refractivity contribution is -0.113. The minimum absolute atomic E-state index is 0.394. The molecule has 4 rings (SSSR count). The lowest BCUT2D eigenvalue weighted by Gasteiger charge is -2.24. The molecule has 1 aromatic carbocycles. The first-order valence-electron chi connectivity index (χ1n) is 9.09. The second-order valence-electron chi connectivity index (χ2n) is 6.40. The average molecular weight is 442 g/mol. The summed E-state index contributed by atoms with van der Waals surface area (Å²) < 4.78 is 27.1.